The molecule has 2 N–H and O–H groups in total. The molecule has 0 spiro atoms. The van der Waals surface area contributed by atoms with E-state index in [4.69, 9.17) is 11.6 Å². The van der Waals surface area contributed by atoms with E-state index in [1.807, 2.05) is 12.2 Å². The van der Waals surface area contributed by atoms with E-state index in [1.165, 1.54) is 11.3 Å². The number of hydrogen-bond acceptors (Lipinski definition) is 4. The number of fused-ring (bicyclic) bond motifs is 1. The summed E-state index contributed by atoms with van der Waals surface area (Å²) in [5, 5.41) is 13.0. The van der Waals surface area contributed by atoms with Crippen LogP contribution < -0.4 is 5.32 Å². The molecule has 0 radical (unpaired) electrons. The molecule has 114 valence electrons. The van der Waals surface area contributed by atoms with Gasteiger partial charge in [-0.1, -0.05) is 35.1 Å². The molecule has 2 atom stereocenters. The van der Waals surface area contributed by atoms with Crippen LogP contribution in [0.2, 0.25) is 5.02 Å². The zero-order chi connectivity index (χ0) is 15.7. The maximum absolute atomic E-state index is 12.4. The molecule has 0 saturated carbocycles. The molecule has 2 unspecified atom stereocenters. The number of carbonyl (C=O) groups excluding carboxylic acids is 1. The van der Waals surface area contributed by atoms with Crippen LogP contribution in [0.15, 0.2) is 30.4 Å². The van der Waals surface area contributed by atoms with Crippen LogP contribution in [0.1, 0.15) is 12.8 Å². The Morgan fingerprint density at radius 3 is 2.73 bits per heavy atom. The zero-order valence-corrected chi connectivity index (χ0v) is 13.0. The summed E-state index contributed by atoms with van der Waals surface area (Å²) in [6.07, 6.45) is 4.46. The Balaban J connectivity index is 1.80. The normalized spacial score (nSPS) is 21.0. The molecule has 3 rings (SSSR count). The number of benzene rings is 1. The largest absolute Gasteiger partial charge is 0.481 e. The van der Waals surface area contributed by atoms with Gasteiger partial charge in [0.05, 0.1) is 22.1 Å². The minimum absolute atomic E-state index is 0.304. The molecule has 5 nitrogen and oxygen atoms in total. The van der Waals surface area contributed by atoms with Crippen molar-refractivity contribution >= 4 is 50.2 Å². The molecule has 1 heterocycles. The molecule has 1 amide bonds. The van der Waals surface area contributed by atoms with Crippen molar-refractivity contribution in [2.45, 2.75) is 12.8 Å². The van der Waals surface area contributed by atoms with E-state index in [1.54, 1.807) is 18.2 Å². The molecule has 1 aromatic heterocycles. The average molecular weight is 337 g/mol. The van der Waals surface area contributed by atoms with E-state index in [9.17, 15) is 14.7 Å². The van der Waals surface area contributed by atoms with Crippen molar-refractivity contribution in [1.29, 1.82) is 0 Å². The smallest absolute Gasteiger partial charge is 0.307 e. The Labute approximate surface area is 135 Å². The highest BCUT2D eigenvalue weighted by Crippen LogP contribution is 2.31. The lowest BCUT2D eigenvalue weighted by Gasteiger charge is -2.23. The van der Waals surface area contributed by atoms with E-state index in [2.05, 4.69) is 10.3 Å². The number of allylic oxidation sites excluding steroid dienone is 2. The number of aliphatic carboxylic acids is 1. The van der Waals surface area contributed by atoms with Gasteiger partial charge in [-0.3, -0.25) is 9.59 Å². The fourth-order valence-electron chi connectivity index (χ4n) is 2.53. The van der Waals surface area contributed by atoms with Crippen LogP contribution in [0.5, 0.6) is 0 Å². The maximum Gasteiger partial charge on any atom is 0.307 e. The van der Waals surface area contributed by atoms with Crippen LogP contribution in [0.25, 0.3) is 10.2 Å². The van der Waals surface area contributed by atoms with Crippen LogP contribution in [0.4, 0.5) is 5.13 Å². The topological polar surface area (TPSA) is 79.3 Å². The molecule has 2 aromatic rings. The number of halogens is 1. The quantitative estimate of drug-likeness (QED) is 0.840. The van der Waals surface area contributed by atoms with Gasteiger partial charge in [0.15, 0.2) is 5.13 Å². The van der Waals surface area contributed by atoms with Crippen molar-refractivity contribution in [3.8, 4) is 0 Å². The van der Waals surface area contributed by atoms with Crippen molar-refractivity contribution in [1.82, 2.24) is 4.98 Å². The molecule has 22 heavy (non-hydrogen) atoms. The zero-order valence-electron chi connectivity index (χ0n) is 11.5. The molecular weight excluding hydrogens is 324 g/mol. The molecule has 0 fully saturated rings. The first-order valence-corrected chi connectivity index (χ1v) is 7.99. The minimum Gasteiger partial charge on any atom is -0.481 e. The minimum atomic E-state index is -0.944. The molecule has 0 aliphatic heterocycles. The fraction of sp³-hybridized carbons (Fsp3) is 0.267. The van der Waals surface area contributed by atoms with Crippen molar-refractivity contribution < 1.29 is 14.7 Å². The van der Waals surface area contributed by atoms with Crippen molar-refractivity contribution in [2.75, 3.05) is 5.32 Å². The number of carbonyl (C=O) groups is 2. The van der Waals surface area contributed by atoms with Crippen LogP contribution in [-0.2, 0) is 9.59 Å². The number of thiazole rings is 1. The van der Waals surface area contributed by atoms with Crippen LogP contribution in [0, 0.1) is 11.8 Å². The second-order valence-electron chi connectivity index (χ2n) is 5.11. The predicted octanol–water partition coefficient (Wildman–Crippen LogP) is 3.56. The number of nitrogens with zero attached hydrogens (tertiary/aromatic N) is 1. The van der Waals surface area contributed by atoms with E-state index in [0.717, 1.165) is 10.2 Å². The predicted molar refractivity (Wildman–Crippen MR) is 86.2 cm³/mol. The average Bonchev–Trinajstić information content (AvgIpc) is 2.88. The van der Waals surface area contributed by atoms with E-state index in [0.29, 0.717) is 23.0 Å². The van der Waals surface area contributed by atoms with Crippen LogP contribution >= 0.6 is 22.9 Å². The number of nitrogens with one attached hydrogen (secondary N) is 1. The van der Waals surface area contributed by atoms with E-state index < -0.39 is 17.8 Å². The van der Waals surface area contributed by atoms with Gasteiger partial charge >= 0.3 is 5.97 Å². The monoisotopic (exact) mass is 336 g/mol. The summed E-state index contributed by atoms with van der Waals surface area (Å²) in [5.74, 6) is -2.51. The number of anilines is 1. The number of aromatic nitrogens is 1. The number of amides is 1. The molecule has 0 bridgehead atoms. The van der Waals surface area contributed by atoms with Crippen molar-refractivity contribution in [3.63, 3.8) is 0 Å². The van der Waals surface area contributed by atoms with Crippen molar-refractivity contribution in [2.24, 2.45) is 11.8 Å². The third-order valence-electron chi connectivity index (χ3n) is 3.67. The second-order valence-corrected chi connectivity index (χ2v) is 6.58. The number of hydrogen-bond donors (Lipinski definition) is 2. The van der Waals surface area contributed by atoms with Gasteiger partial charge in [-0.25, -0.2) is 4.98 Å². The Morgan fingerprint density at radius 1 is 1.27 bits per heavy atom. The Hall–Kier alpha value is -1.92. The van der Waals surface area contributed by atoms with Gasteiger partial charge in [0.1, 0.15) is 0 Å². The summed E-state index contributed by atoms with van der Waals surface area (Å²) in [6.45, 7) is 0. The highest BCUT2D eigenvalue weighted by atomic mass is 35.5. The summed E-state index contributed by atoms with van der Waals surface area (Å²) in [7, 11) is 0. The first kappa shape index (κ1) is 15.0. The molecule has 0 saturated heterocycles. The van der Waals surface area contributed by atoms with Crippen molar-refractivity contribution in [3.05, 3.63) is 35.4 Å². The molecular formula is C15H13ClN2O3S. The fourth-order valence-corrected chi connectivity index (χ4v) is 3.67. The first-order chi connectivity index (χ1) is 10.5. The summed E-state index contributed by atoms with van der Waals surface area (Å²) in [6, 6.07) is 5.31. The highest BCUT2D eigenvalue weighted by molar-refractivity contribution is 7.22. The SMILES string of the molecule is O=C(O)C1CC=CCC1C(=O)Nc1nc2ccc(Cl)cc2s1. The molecule has 7 heteroatoms. The maximum atomic E-state index is 12.4. The van der Waals surface area contributed by atoms with E-state index in [-0.39, 0.29) is 5.91 Å². The lowest BCUT2D eigenvalue weighted by Crippen LogP contribution is -2.34. The Morgan fingerprint density at radius 2 is 2.00 bits per heavy atom. The van der Waals surface area contributed by atoms with Gasteiger partial charge in [0.2, 0.25) is 5.91 Å². The summed E-state index contributed by atoms with van der Waals surface area (Å²) in [5.41, 5.74) is 0.753. The van der Waals surface area contributed by atoms with Crippen LogP contribution in [-0.4, -0.2) is 22.0 Å². The summed E-state index contributed by atoms with van der Waals surface area (Å²) in [4.78, 5) is 27.9. The third-order valence-corrected chi connectivity index (χ3v) is 4.84. The van der Waals surface area contributed by atoms with Gasteiger partial charge in [0.25, 0.3) is 0 Å². The number of carboxylic acids is 1. The van der Waals surface area contributed by atoms with Crippen LogP contribution in [0.3, 0.4) is 0 Å². The molecule has 1 aliphatic carbocycles. The Kier molecular flexibility index (Phi) is 4.13. The second kappa shape index (κ2) is 6.06. The summed E-state index contributed by atoms with van der Waals surface area (Å²) >= 11 is 7.25. The third kappa shape index (κ3) is 2.98. The van der Waals surface area contributed by atoms with Gasteiger partial charge in [-0.15, -0.1) is 0 Å². The van der Waals surface area contributed by atoms with Gasteiger partial charge in [0, 0.05) is 5.02 Å². The number of carboxylic acid groups (broad SMARTS) is 1. The lowest BCUT2D eigenvalue weighted by atomic mass is 9.82. The van der Waals surface area contributed by atoms with Gasteiger partial charge in [-0.05, 0) is 31.0 Å². The standard InChI is InChI=1S/C15H13ClN2O3S/c16-8-5-6-11-12(7-8)22-15(17-11)18-13(19)9-3-1-2-4-10(9)14(20)21/h1-2,5-7,9-10H,3-4H2,(H,20,21)(H,17,18,19). The van der Waals surface area contributed by atoms with Gasteiger partial charge < -0.3 is 10.4 Å². The first-order valence-electron chi connectivity index (χ1n) is 6.79. The Bertz CT molecular complexity index is 771. The lowest BCUT2D eigenvalue weighted by molar-refractivity contribution is -0.146. The summed E-state index contributed by atoms with van der Waals surface area (Å²) < 4.78 is 0.876. The van der Waals surface area contributed by atoms with E-state index >= 15 is 0 Å². The van der Waals surface area contributed by atoms with Gasteiger partial charge in [-0.2, -0.15) is 0 Å². The highest BCUT2D eigenvalue weighted by Gasteiger charge is 2.34. The molecule has 1 aromatic carbocycles. The number of rotatable bonds is 3. The molecule has 1 aliphatic rings.